The number of aliphatic hydroxyl groups is 1. The van der Waals surface area contributed by atoms with Crippen LogP contribution in [0.15, 0.2) is 47.4 Å². The average Bonchev–Trinajstić information content (AvgIpc) is 3.04. The summed E-state index contributed by atoms with van der Waals surface area (Å²) in [6, 6.07) is 14.0. The van der Waals surface area contributed by atoms with E-state index in [1.54, 1.807) is 26.0 Å². The highest BCUT2D eigenvalue weighted by atomic mass is 32.2. The van der Waals surface area contributed by atoms with Crippen LogP contribution in [0.5, 0.6) is 11.5 Å². The highest BCUT2D eigenvalue weighted by molar-refractivity contribution is 7.98. The number of ether oxygens (including phenoxy) is 2. The van der Waals surface area contributed by atoms with Gasteiger partial charge in [-0.2, -0.15) is 0 Å². The molecule has 1 heterocycles. The third-order valence-electron chi connectivity index (χ3n) is 4.82. The summed E-state index contributed by atoms with van der Waals surface area (Å²) in [6.07, 6.45) is 2.76. The van der Waals surface area contributed by atoms with Gasteiger partial charge in [0.05, 0.1) is 19.1 Å². The van der Waals surface area contributed by atoms with Crippen LogP contribution in [0, 0.1) is 0 Å². The summed E-state index contributed by atoms with van der Waals surface area (Å²) in [7, 11) is 3.38. The standard InChI is InChI=1S/C20H25NO3S/c1-23-17-12-19(25-3)18(24-2)11-15(17)13-21-10-9-20(22,14-21)16-7-5-4-6-8-16/h4-8,11-12,22H,9-10,13-14H2,1-3H3. The van der Waals surface area contributed by atoms with Gasteiger partial charge in [0, 0.05) is 25.2 Å². The average molecular weight is 359 g/mol. The molecular weight excluding hydrogens is 334 g/mol. The Labute approximate surface area is 153 Å². The van der Waals surface area contributed by atoms with Crippen molar-refractivity contribution in [2.75, 3.05) is 33.6 Å². The molecule has 25 heavy (non-hydrogen) atoms. The van der Waals surface area contributed by atoms with E-state index in [0.29, 0.717) is 6.54 Å². The zero-order valence-corrected chi connectivity index (χ0v) is 15.8. The number of methoxy groups -OCH3 is 2. The first kappa shape index (κ1) is 18.1. The Morgan fingerprint density at radius 3 is 2.48 bits per heavy atom. The number of rotatable bonds is 6. The van der Waals surface area contributed by atoms with E-state index < -0.39 is 5.60 Å². The Morgan fingerprint density at radius 1 is 1.12 bits per heavy atom. The van der Waals surface area contributed by atoms with Crippen LogP contribution >= 0.6 is 11.8 Å². The molecule has 3 rings (SSSR count). The molecule has 0 bridgehead atoms. The van der Waals surface area contributed by atoms with Gasteiger partial charge in [-0.1, -0.05) is 30.3 Å². The van der Waals surface area contributed by atoms with Crippen LogP contribution < -0.4 is 9.47 Å². The number of benzene rings is 2. The molecule has 0 aromatic heterocycles. The topological polar surface area (TPSA) is 41.9 Å². The first-order valence-electron chi connectivity index (χ1n) is 8.39. The smallest absolute Gasteiger partial charge is 0.132 e. The molecule has 1 N–H and O–H groups in total. The van der Waals surface area contributed by atoms with E-state index in [9.17, 15) is 5.11 Å². The third-order valence-corrected chi connectivity index (χ3v) is 5.58. The zero-order valence-electron chi connectivity index (χ0n) is 15.0. The maximum atomic E-state index is 11.0. The lowest BCUT2D eigenvalue weighted by Crippen LogP contribution is -2.30. The highest BCUT2D eigenvalue weighted by Gasteiger charge is 2.37. The molecule has 1 saturated heterocycles. The Morgan fingerprint density at radius 2 is 1.84 bits per heavy atom. The second-order valence-electron chi connectivity index (χ2n) is 6.38. The Balaban J connectivity index is 1.79. The van der Waals surface area contributed by atoms with Crippen molar-refractivity contribution in [3.05, 3.63) is 53.6 Å². The van der Waals surface area contributed by atoms with Crippen LogP contribution in [-0.2, 0) is 12.1 Å². The van der Waals surface area contributed by atoms with Gasteiger partial charge in [-0.25, -0.2) is 0 Å². The summed E-state index contributed by atoms with van der Waals surface area (Å²) in [6.45, 7) is 2.19. The number of hydrogen-bond acceptors (Lipinski definition) is 5. The molecule has 0 amide bonds. The largest absolute Gasteiger partial charge is 0.496 e. The second-order valence-corrected chi connectivity index (χ2v) is 7.23. The van der Waals surface area contributed by atoms with Gasteiger partial charge in [0.25, 0.3) is 0 Å². The van der Waals surface area contributed by atoms with Gasteiger partial charge < -0.3 is 14.6 Å². The van der Waals surface area contributed by atoms with E-state index >= 15 is 0 Å². The lowest BCUT2D eigenvalue weighted by molar-refractivity contribution is 0.0452. The van der Waals surface area contributed by atoms with E-state index in [-0.39, 0.29) is 0 Å². The molecule has 5 heteroatoms. The zero-order chi connectivity index (χ0) is 17.9. The predicted molar refractivity (Wildman–Crippen MR) is 102 cm³/mol. The summed E-state index contributed by atoms with van der Waals surface area (Å²) in [5.41, 5.74) is 1.28. The van der Waals surface area contributed by atoms with Gasteiger partial charge >= 0.3 is 0 Å². The fourth-order valence-electron chi connectivity index (χ4n) is 3.45. The number of β-amino-alcohol motifs (C(OH)–C–C–N with tert-alkyl or cyclic N) is 1. The summed E-state index contributed by atoms with van der Waals surface area (Å²) >= 11 is 1.64. The van der Waals surface area contributed by atoms with Crippen LogP contribution in [0.4, 0.5) is 0 Å². The Bertz CT molecular complexity index is 722. The van der Waals surface area contributed by atoms with E-state index in [2.05, 4.69) is 4.90 Å². The van der Waals surface area contributed by atoms with Gasteiger partial charge in [0.1, 0.15) is 17.1 Å². The van der Waals surface area contributed by atoms with Gasteiger partial charge in [-0.15, -0.1) is 11.8 Å². The SMILES string of the molecule is COc1cc(SC)c(OC)cc1CN1CCC(O)(c2ccccc2)C1. The second kappa shape index (κ2) is 7.68. The van der Waals surface area contributed by atoms with E-state index in [1.807, 2.05) is 48.7 Å². The first-order valence-corrected chi connectivity index (χ1v) is 9.61. The summed E-state index contributed by atoms with van der Waals surface area (Å²) < 4.78 is 11.1. The molecule has 0 spiro atoms. The highest BCUT2D eigenvalue weighted by Crippen LogP contribution is 2.37. The molecule has 134 valence electrons. The fourth-order valence-corrected chi connectivity index (χ4v) is 4.02. The molecule has 0 aliphatic carbocycles. The normalized spacial score (nSPS) is 20.6. The van der Waals surface area contributed by atoms with Crippen LogP contribution in [-0.4, -0.2) is 43.6 Å². The summed E-state index contributed by atoms with van der Waals surface area (Å²) in [5, 5.41) is 11.0. The summed E-state index contributed by atoms with van der Waals surface area (Å²) in [4.78, 5) is 3.33. The molecule has 2 aromatic carbocycles. The molecule has 0 radical (unpaired) electrons. The molecule has 1 aliphatic rings. The first-order chi connectivity index (χ1) is 12.1. The quantitative estimate of drug-likeness (QED) is 0.800. The number of nitrogens with zero attached hydrogens (tertiary/aromatic N) is 1. The van der Waals surface area contributed by atoms with E-state index in [0.717, 1.165) is 47.0 Å². The Hall–Kier alpha value is -1.69. The van der Waals surface area contributed by atoms with Crippen LogP contribution in [0.25, 0.3) is 0 Å². The van der Waals surface area contributed by atoms with E-state index in [1.165, 1.54) is 0 Å². The van der Waals surface area contributed by atoms with Gasteiger partial charge in [-0.05, 0) is 30.4 Å². The maximum absolute atomic E-state index is 11.0. The van der Waals surface area contributed by atoms with Gasteiger partial charge in [0.2, 0.25) is 0 Å². The minimum Gasteiger partial charge on any atom is -0.496 e. The molecule has 0 saturated carbocycles. The minimum absolute atomic E-state index is 0.618. The molecule has 1 atom stereocenters. The van der Waals surface area contributed by atoms with Crippen molar-refractivity contribution in [1.82, 2.24) is 4.90 Å². The van der Waals surface area contributed by atoms with E-state index in [4.69, 9.17) is 9.47 Å². The van der Waals surface area contributed by atoms with Crippen molar-refractivity contribution < 1.29 is 14.6 Å². The van der Waals surface area contributed by atoms with Crippen molar-refractivity contribution in [2.45, 2.75) is 23.5 Å². The minimum atomic E-state index is -0.780. The lowest BCUT2D eigenvalue weighted by atomic mass is 9.93. The summed E-state index contributed by atoms with van der Waals surface area (Å²) in [5.74, 6) is 1.72. The molecule has 1 aliphatic heterocycles. The number of hydrogen-bond donors (Lipinski definition) is 1. The Kier molecular flexibility index (Phi) is 5.57. The molecular formula is C20H25NO3S. The van der Waals surface area contributed by atoms with Crippen molar-refractivity contribution in [3.63, 3.8) is 0 Å². The van der Waals surface area contributed by atoms with Crippen molar-refractivity contribution >= 4 is 11.8 Å². The third kappa shape index (κ3) is 3.78. The molecule has 2 aromatic rings. The molecule has 1 unspecified atom stereocenters. The van der Waals surface area contributed by atoms with Crippen molar-refractivity contribution in [1.29, 1.82) is 0 Å². The fraction of sp³-hybridized carbons (Fsp3) is 0.400. The van der Waals surface area contributed by atoms with Gasteiger partial charge in [0.15, 0.2) is 0 Å². The van der Waals surface area contributed by atoms with Crippen LogP contribution in [0.1, 0.15) is 17.5 Å². The number of likely N-dealkylation sites (tertiary alicyclic amines) is 1. The monoisotopic (exact) mass is 359 g/mol. The molecule has 1 fully saturated rings. The van der Waals surface area contributed by atoms with Gasteiger partial charge in [-0.3, -0.25) is 4.90 Å². The number of thioether (sulfide) groups is 1. The van der Waals surface area contributed by atoms with Crippen molar-refractivity contribution in [3.8, 4) is 11.5 Å². The predicted octanol–water partition coefficient (Wildman–Crippen LogP) is 3.52. The van der Waals surface area contributed by atoms with Crippen molar-refractivity contribution in [2.24, 2.45) is 0 Å². The lowest BCUT2D eigenvalue weighted by Gasteiger charge is -2.24. The maximum Gasteiger partial charge on any atom is 0.132 e. The van der Waals surface area contributed by atoms with Crippen LogP contribution in [0.2, 0.25) is 0 Å². The van der Waals surface area contributed by atoms with Crippen LogP contribution in [0.3, 0.4) is 0 Å². The molecule has 4 nitrogen and oxygen atoms in total.